The van der Waals surface area contributed by atoms with Crippen LogP contribution in [0.4, 0.5) is 5.69 Å². The van der Waals surface area contributed by atoms with E-state index in [1.165, 1.54) is 10.8 Å². The van der Waals surface area contributed by atoms with Crippen LogP contribution in [0.15, 0.2) is 158 Å². The van der Waals surface area contributed by atoms with E-state index in [4.69, 9.17) is 6.57 Å². The lowest BCUT2D eigenvalue weighted by Gasteiger charge is -2.19. The van der Waals surface area contributed by atoms with Crippen LogP contribution in [0.25, 0.3) is 82.1 Å². The second-order valence-corrected chi connectivity index (χ2v) is 11.9. The molecule has 0 aliphatic heterocycles. The average Bonchev–Trinajstić information content (AvgIpc) is 3.68. The van der Waals surface area contributed by atoms with Gasteiger partial charge in [0.25, 0.3) is 0 Å². The monoisotopic (exact) mass is 610 g/mol. The van der Waals surface area contributed by atoms with Gasteiger partial charge in [-0.3, -0.25) is 0 Å². The van der Waals surface area contributed by atoms with Crippen LogP contribution in [-0.2, 0) is 0 Å². The second-order valence-electron chi connectivity index (χ2n) is 11.9. The summed E-state index contributed by atoms with van der Waals surface area (Å²) < 4.78 is 4.51. The van der Waals surface area contributed by atoms with Gasteiger partial charge in [-0.2, -0.15) is 5.26 Å². The zero-order valence-electron chi connectivity index (χ0n) is 25.8. The fourth-order valence-electron chi connectivity index (χ4n) is 7.41. The number of rotatable bonds is 4. The molecule has 4 nitrogen and oxygen atoms in total. The molecule has 7 aromatic carbocycles. The molecule has 0 aliphatic carbocycles. The minimum atomic E-state index is 0.573. The summed E-state index contributed by atoms with van der Waals surface area (Å²) in [7, 11) is 0. The van der Waals surface area contributed by atoms with E-state index in [2.05, 4.69) is 129 Å². The van der Waals surface area contributed by atoms with Crippen LogP contribution in [0.3, 0.4) is 0 Å². The van der Waals surface area contributed by atoms with Crippen molar-refractivity contribution in [1.29, 1.82) is 5.26 Å². The van der Waals surface area contributed by atoms with Gasteiger partial charge in [0.2, 0.25) is 0 Å². The van der Waals surface area contributed by atoms with E-state index in [0.29, 0.717) is 11.3 Å². The Bertz CT molecular complexity index is 2760. The Labute approximate surface area is 277 Å². The third-order valence-corrected chi connectivity index (χ3v) is 9.39. The Morgan fingerprint density at radius 1 is 0.521 bits per heavy atom. The number of hydrogen-bond donors (Lipinski definition) is 0. The first-order valence-electron chi connectivity index (χ1n) is 15.9. The summed E-state index contributed by atoms with van der Waals surface area (Å²) in [4.78, 5) is 4.05. The Hall–Kier alpha value is -6.88. The number of benzene rings is 7. The molecule has 0 amide bonds. The molecule has 0 unspecified atom stereocenters. The standard InChI is InChI=1S/C44H26N4/c1-46-38-22-12-20-32(29-13-10-15-31(27-29)47-39-23-6-2-16-33(39)34-17-3-7-24-40(34)47)43(38)37-19-5-9-26-42(37)48-41-25-8-4-18-35(41)36-21-11-14-30(28-45)44(36)48/h2-27H. The SMILES string of the molecule is [C-]#[N+]c1cccc(-c2cccc(-n3c4ccccc4c4ccccc43)c2)c1-c1ccccc1-n1c2ccccc2c2cccc(C#N)c21. The van der Waals surface area contributed by atoms with Crippen molar-refractivity contribution in [3.63, 3.8) is 0 Å². The molecular weight excluding hydrogens is 585 g/mol. The largest absolute Gasteiger partial charge is 0.309 e. The van der Waals surface area contributed by atoms with Crippen LogP contribution in [-0.4, -0.2) is 9.13 Å². The van der Waals surface area contributed by atoms with Crippen LogP contribution in [0, 0.1) is 17.9 Å². The number of aromatic nitrogens is 2. The minimum Gasteiger partial charge on any atom is -0.309 e. The van der Waals surface area contributed by atoms with Crippen molar-refractivity contribution in [2.75, 3.05) is 0 Å². The highest BCUT2D eigenvalue weighted by Gasteiger charge is 2.21. The van der Waals surface area contributed by atoms with Crippen molar-refractivity contribution in [2.24, 2.45) is 0 Å². The molecule has 9 rings (SSSR count). The van der Waals surface area contributed by atoms with E-state index in [9.17, 15) is 5.26 Å². The predicted octanol–water partition coefficient (Wildman–Crippen LogP) is 11.6. The van der Waals surface area contributed by atoms with Crippen molar-refractivity contribution >= 4 is 49.3 Å². The van der Waals surface area contributed by atoms with Crippen LogP contribution in [0.1, 0.15) is 5.56 Å². The molecular formula is C44H26N4. The molecule has 2 aromatic heterocycles. The fourth-order valence-corrected chi connectivity index (χ4v) is 7.41. The lowest BCUT2D eigenvalue weighted by atomic mass is 9.91. The molecule has 0 N–H and O–H groups in total. The van der Waals surface area contributed by atoms with Gasteiger partial charge in [0.1, 0.15) is 6.07 Å². The first-order valence-corrected chi connectivity index (χ1v) is 15.9. The third kappa shape index (κ3) is 4.01. The van der Waals surface area contributed by atoms with Gasteiger partial charge in [-0.15, -0.1) is 0 Å². The minimum absolute atomic E-state index is 0.573. The molecule has 0 spiro atoms. The Morgan fingerprint density at radius 3 is 1.79 bits per heavy atom. The van der Waals surface area contributed by atoms with Gasteiger partial charge in [-0.25, -0.2) is 4.85 Å². The smallest absolute Gasteiger partial charge is 0.195 e. The van der Waals surface area contributed by atoms with E-state index < -0.39 is 0 Å². The summed E-state index contributed by atoms with van der Waals surface area (Å²) >= 11 is 0. The fraction of sp³-hybridized carbons (Fsp3) is 0. The molecule has 222 valence electrons. The summed E-state index contributed by atoms with van der Waals surface area (Å²) in [5.41, 5.74) is 11.1. The second kappa shape index (κ2) is 10.9. The van der Waals surface area contributed by atoms with Crippen molar-refractivity contribution in [3.8, 4) is 39.7 Å². The zero-order chi connectivity index (χ0) is 32.2. The molecule has 2 heterocycles. The summed E-state index contributed by atoms with van der Waals surface area (Å²) in [6.45, 7) is 8.27. The van der Waals surface area contributed by atoms with Gasteiger partial charge in [0.15, 0.2) is 5.69 Å². The van der Waals surface area contributed by atoms with E-state index in [1.807, 2.05) is 48.5 Å². The maximum atomic E-state index is 10.2. The molecule has 0 radical (unpaired) electrons. The molecule has 0 saturated carbocycles. The molecule has 0 atom stereocenters. The van der Waals surface area contributed by atoms with E-state index in [1.54, 1.807) is 0 Å². The van der Waals surface area contributed by atoms with E-state index in [0.717, 1.165) is 66.5 Å². The van der Waals surface area contributed by atoms with E-state index in [-0.39, 0.29) is 0 Å². The lowest BCUT2D eigenvalue weighted by Crippen LogP contribution is -2.00. The van der Waals surface area contributed by atoms with Gasteiger partial charge in [0, 0.05) is 27.2 Å². The predicted molar refractivity (Wildman–Crippen MR) is 197 cm³/mol. The molecule has 0 aliphatic rings. The first kappa shape index (κ1) is 27.4. The summed E-state index contributed by atoms with van der Waals surface area (Å²) in [5.74, 6) is 0. The average molecular weight is 611 g/mol. The topological polar surface area (TPSA) is 38.0 Å². The summed E-state index contributed by atoms with van der Waals surface area (Å²) in [6.07, 6.45) is 0. The van der Waals surface area contributed by atoms with Crippen molar-refractivity contribution < 1.29 is 0 Å². The molecule has 9 aromatic rings. The number of nitriles is 1. The van der Waals surface area contributed by atoms with E-state index >= 15 is 0 Å². The van der Waals surface area contributed by atoms with Crippen molar-refractivity contribution in [1.82, 2.24) is 9.13 Å². The maximum Gasteiger partial charge on any atom is 0.195 e. The molecule has 48 heavy (non-hydrogen) atoms. The molecule has 0 saturated heterocycles. The van der Waals surface area contributed by atoms with Gasteiger partial charge >= 0.3 is 0 Å². The zero-order valence-corrected chi connectivity index (χ0v) is 25.8. The molecule has 0 fully saturated rings. The number of hydrogen-bond acceptors (Lipinski definition) is 1. The Balaban J connectivity index is 1.32. The number of para-hydroxylation sites is 5. The normalized spacial score (nSPS) is 11.3. The quantitative estimate of drug-likeness (QED) is 0.183. The molecule has 0 bridgehead atoms. The maximum absolute atomic E-state index is 10.2. The highest BCUT2D eigenvalue weighted by Crippen LogP contribution is 2.45. The van der Waals surface area contributed by atoms with Gasteiger partial charge in [0.05, 0.1) is 39.9 Å². The lowest BCUT2D eigenvalue weighted by molar-refractivity contribution is 1.18. The highest BCUT2D eigenvalue weighted by atomic mass is 15.0. The van der Waals surface area contributed by atoms with Crippen LogP contribution in [0.5, 0.6) is 0 Å². The van der Waals surface area contributed by atoms with Crippen LogP contribution in [0.2, 0.25) is 0 Å². The number of fused-ring (bicyclic) bond motifs is 6. The van der Waals surface area contributed by atoms with Gasteiger partial charge in [-0.1, -0.05) is 115 Å². The number of nitrogens with zero attached hydrogens (tertiary/aromatic N) is 4. The van der Waals surface area contributed by atoms with Crippen LogP contribution < -0.4 is 0 Å². The van der Waals surface area contributed by atoms with Crippen molar-refractivity contribution in [2.45, 2.75) is 0 Å². The van der Waals surface area contributed by atoms with Crippen LogP contribution >= 0.6 is 0 Å². The third-order valence-electron chi connectivity index (χ3n) is 9.39. The summed E-state index contributed by atoms with van der Waals surface area (Å²) in [6, 6.07) is 56.5. The Kier molecular flexibility index (Phi) is 6.22. The Morgan fingerprint density at radius 2 is 1.08 bits per heavy atom. The molecule has 4 heteroatoms. The van der Waals surface area contributed by atoms with Gasteiger partial charge in [-0.05, 0) is 64.7 Å². The highest BCUT2D eigenvalue weighted by molar-refractivity contribution is 6.12. The summed E-state index contributed by atoms with van der Waals surface area (Å²) in [5, 5.41) is 14.8. The first-order chi connectivity index (χ1) is 23.8. The van der Waals surface area contributed by atoms with Crippen molar-refractivity contribution in [3.05, 3.63) is 175 Å². The van der Waals surface area contributed by atoms with Gasteiger partial charge < -0.3 is 9.13 Å².